The maximum atomic E-state index is 11.9. The molecule has 8 nitrogen and oxygen atoms in total. The van der Waals surface area contributed by atoms with Crippen molar-refractivity contribution < 1.29 is 24.2 Å². The van der Waals surface area contributed by atoms with Crippen LogP contribution in [0.1, 0.15) is 19.8 Å². The quantitative estimate of drug-likeness (QED) is 0.601. The third kappa shape index (κ3) is 4.74. The summed E-state index contributed by atoms with van der Waals surface area (Å²) in [6.07, 6.45) is 0.301. The Labute approximate surface area is 110 Å². The first-order valence-corrected chi connectivity index (χ1v) is 6.12. The molecule has 0 aromatic carbocycles. The number of hydrogen-bond donors (Lipinski definition) is 3. The van der Waals surface area contributed by atoms with Crippen LogP contribution >= 0.6 is 0 Å². The molecule has 2 atom stereocenters. The number of nitrogens with zero attached hydrogens (tertiary/aromatic N) is 1. The number of rotatable bonds is 5. The summed E-state index contributed by atoms with van der Waals surface area (Å²) in [6, 6.07) is -1.82. The van der Waals surface area contributed by atoms with E-state index in [-0.39, 0.29) is 6.10 Å². The Balaban J connectivity index is 2.56. The molecular weight excluding hydrogens is 254 g/mol. The topological polar surface area (TPSA) is 122 Å². The van der Waals surface area contributed by atoms with E-state index >= 15 is 0 Å². The molecule has 1 aliphatic heterocycles. The Morgan fingerprint density at radius 3 is 2.74 bits per heavy atom. The molecule has 0 aliphatic carbocycles. The summed E-state index contributed by atoms with van der Waals surface area (Å²) in [5.41, 5.74) is 4.94. The average Bonchev–Trinajstić information content (AvgIpc) is 2.37. The number of carboxylic acids is 1. The average molecular weight is 273 g/mol. The molecule has 1 unspecified atom stereocenters. The third-order valence-corrected chi connectivity index (χ3v) is 2.88. The SMILES string of the molecule is CCC1CN(C(=O)N[C@H](CC(N)=O)C(=O)O)CCO1. The number of carbonyl (C=O) groups excluding carboxylic acids is 2. The van der Waals surface area contributed by atoms with Crippen LogP contribution < -0.4 is 11.1 Å². The van der Waals surface area contributed by atoms with Crippen molar-refractivity contribution in [2.75, 3.05) is 19.7 Å². The molecule has 4 N–H and O–H groups in total. The number of amides is 3. The second kappa shape index (κ2) is 6.93. The van der Waals surface area contributed by atoms with E-state index in [4.69, 9.17) is 15.6 Å². The molecule has 0 spiro atoms. The first-order chi connectivity index (χ1) is 8.93. The van der Waals surface area contributed by atoms with Crippen molar-refractivity contribution >= 4 is 17.9 Å². The molecule has 8 heteroatoms. The van der Waals surface area contributed by atoms with Crippen LogP contribution in [0.3, 0.4) is 0 Å². The molecule has 1 aliphatic rings. The van der Waals surface area contributed by atoms with E-state index in [1.165, 1.54) is 4.90 Å². The molecule has 1 rings (SSSR count). The van der Waals surface area contributed by atoms with Gasteiger partial charge in [0.25, 0.3) is 0 Å². The zero-order chi connectivity index (χ0) is 14.4. The Kier molecular flexibility index (Phi) is 5.56. The van der Waals surface area contributed by atoms with Gasteiger partial charge in [-0.2, -0.15) is 0 Å². The highest BCUT2D eigenvalue weighted by molar-refractivity contribution is 5.87. The minimum absolute atomic E-state index is 0.0427. The Bertz CT molecular complexity index is 360. The van der Waals surface area contributed by atoms with Crippen LogP contribution in [0.5, 0.6) is 0 Å². The summed E-state index contributed by atoms with van der Waals surface area (Å²) < 4.78 is 5.41. The van der Waals surface area contributed by atoms with Gasteiger partial charge in [0.15, 0.2) is 0 Å². The fraction of sp³-hybridized carbons (Fsp3) is 0.727. The number of hydrogen-bond acceptors (Lipinski definition) is 4. The van der Waals surface area contributed by atoms with E-state index in [0.717, 1.165) is 6.42 Å². The lowest BCUT2D eigenvalue weighted by Crippen LogP contribution is -2.53. The van der Waals surface area contributed by atoms with Crippen LogP contribution in [-0.2, 0) is 14.3 Å². The second-order valence-corrected chi connectivity index (χ2v) is 4.36. The summed E-state index contributed by atoms with van der Waals surface area (Å²) in [5, 5.41) is 11.2. The van der Waals surface area contributed by atoms with Gasteiger partial charge in [0.1, 0.15) is 6.04 Å². The second-order valence-electron chi connectivity index (χ2n) is 4.36. The highest BCUT2D eigenvalue weighted by atomic mass is 16.5. The minimum Gasteiger partial charge on any atom is -0.480 e. The number of ether oxygens (including phenoxy) is 1. The summed E-state index contributed by atoms with van der Waals surface area (Å²) in [7, 11) is 0. The Morgan fingerprint density at radius 2 is 2.21 bits per heavy atom. The number of primary amides is 1. The number of carbonyl (C=O) groups is 3. The lowest BCUT2D eigenvalue weighted by molar-refractivity contribution is -0.141. The molecule has 1 fully saturated rings. The van der Waals surface area contributed by atoms with Gasteiger partial charge in [-0.3, -0.25) is 4.79 Å². The third-order valence-electron chi connectivity index (χ3n) is 2.88. The predicted octanol–water partition coefficient (Wildman–Crippen LogP) is -0.865. The maximum absolute atomic E-state index is 11.9. The van der Waals surface area contributed by atoms with E-state index in [1.807, 2.05) is 6.92 Å². The summed E-state index contributed by atoms with van der Waals surface area (Å²) in [6.45, 7) is 3.16. The Morgan fingerprint density at radius 1 is 1.53 bits per heavy atom. The van der Waals surface area contributed by atoms with Crippen molar-refractivity contribution in [1.29, 1.82) is 0 Å². The van der Waals surface area contributed by atoms with Crippen molar-refractivity contribution in [3.05, 3.63) is 0 Å². The zero-order valence-corrected chi connectivity index (χ0v) is 10.8. The van der Waals surface area contributed by atoms with E-state index in [0.29, 0.717) is 19.7 Å². The molecule has 0 radical (unpaired) electrons. The number of carboxylic acid groups (broad SMARTS) is 1. The van der Waals surface area contributed by atoms with Crippen LogP contribution in [0.2, 0.25) is 0 Å². The lowest BCUT2D eigenvalue weighted by Gasteiger charge is -2.33. The zero-order valence-electron chi connectivity index (χ0n) is 10.8. The van der Waals surface area contributed by atoms with Crippen molar-refractivity contribution in [3.63, 3.8) is 0 Å². The van der Waals surface area contributed by atoms with Crippen LogP contribution in [-0.4, -0.2) is 59.8 Å². The van der Waals surface area contributed by atoms with Crippen LogP contribution in [0.4, 0.5) is 4.79 Å². The molecule has 108 valence electrons. The standard InChI is InChI=1S/C11H19N3O5/c1-2-7-6-14(3-4-19-7)11(18)13-8(10(16)17)5-9(12)15/h7-8H,2-6H2,1H3,(H2,12,15)(H,13,18)(H,16,17)/t7?,8-/m1/s1. The molecule has 0 saturated carbocycles. The van der Waals surface area contributed by atoms with Crippen LogP contribution in [0.15, 0.2) is 0 Å². The van der Waals surface area contributed by atoms with Gasteiger partial charge in [-0.1, -0.05) is 6.92 Å². The van der Waals surface area contributed by atoms with E-state index in [9.17, 15) is 14.4 Å². The highest BCUT2D eigenvalue weighted by Gasteiger charge is 2.27. The van der Waals surface area contributed by atoms with Crippen molar-refractivity contribution in [2.24, 2.45) is 5.73 Å². The number of nitrogens with two attached hydrogens (primary N) is 1. The number of urea groups is 1. The van der Waals surface area contributed by atoms with Gasteiger partial charge >= 0.3 is 12.0 Å². The van der Waals surface area contributed by atoms with E-state index in [1.54, 1.807) is 0 Å². The molecule has 19 heavy (non-hydrogen) atoms. The fourth-order valence-corrected chi connectivity index (χ4v) is 1.79. The number of morpholine rings is 1. The monoisotopic (exact) mass is 273 g/mol. The normalized spacial score (nSPS) is 20.7. The summed E-state index contributed by atoms with van der Waals surface area (Å²) >= 11 is 0. The van der Waals surface area contributed by atoms with Crippen molar-refractivity contribution in [2.45, 2.75) is 31.9 Å². The highest BCUT2D eigenvalue weighted by Crippen LogP contribution is 2.08. The van der Waals surface area contributed by atoms with E-state index < -0.39 is 30.4 Å². The van der Waals surface area contributed by atoms with Gasteiger partial charge in [0.2, 0.25) is 5.91 Å². The Hall–Kier alpha value is -1.83. The van der Waals surface area contributed by atoms with Gasteiger partial charge in [-0.05, 0) is 6.42 Å². The first-order valence-electron chi connectivity index (χ1n) is 6.12. The van der Waals surface area contributed by atoms with Gasteiger partial charge < -0.3 is 25.8 Å². The molecule has 0 aromatic heterocycles. The predicted molar refractivity (Wildman–Crippen MR) is 65.4 cm³/mol. The van der Waals surface area contributed by atoms with Gasteiger partial charge in [0.05, 0.1) is 19.1 Å². The molecule has 0 aromatic rings. The molecule has 3 amide bonds. The molecule has 1 heterocycles. The van der Waals surface area contributed by atoms with Gasteiger partial charge in [-0.15, -0.1) is 0 Å². The fourth-order valence-electron chi connectivity index (χ4n) is 1.79. The van der Waals surface area contributed by atoms with E-state index in [2.05, 4.69) is 5.32 Å². The number of nitrogens with one attached hydrogen (secondary N) is 1. The summed E-state index contributed by atoms with van der Waals surface area (Å²) in [5.74, 6) is -2.06. The molecular formula is C11H19N3O5. The molecule has 1 saturated heterocycles. The largest absolute Gasteiger partial charge is 0.480 e. The number of aliphatic carboxylic acids is 1. The van der Waals surface area contributed by atoms with Crippen molar-refractivity contribution in [1.82, 2.24) is 10.2 Å². The maximum Gasteiger partial charge on any atom is 0.326 e. The first kappa shape index (κ1) is 15.2. The van der Waals surface area contributed by atoms with Crippen LogP contribution in [0, 0.1) is 0 Å². The summed E-state index contributed by atoms with van der Waals surface area (Å²) in [4.78, 5) is 35.0. The van der Waals surface area contributed by atoms with Crippen molar-refractivity contribution in [3.8, 4) is 0 Å². The molecule has 0 bridgehead atoms. The minimum atomic E-state index is -1.30. The van der Waals surface area contributed by atoms with Crippen LogP contribution in [0.25, 0.3) is 0 Å². The van der Waals surface area contributed by atoms with Gasteiger partial charge in [0, 0.05) is 13.1 Å². The smallest absolute Gasteiger partial charge is 0.326 e. The lowest BCUT2D eigenvalue weighted by atomic mass is 10.2. The van der Waals surface area contributed by atoms with Gasteiger partial charge in [-0.25, -0.2) is 9.59 Å².